The van der Waals surface area contributed by atoms with Gasteiger partial charge in [0.05, 0.1) is 16.3 Å². The molecule has 0 atom stereocenters. The smallest absolute Gasteiger partial charge is 0.283 e. The molecular formula is C12H9BrF2N4O2. The molecule has 1 heterocycles. The van der Waals surface area contributed by atoms with E-state index in [4.69, 9.17) is 0 Å². The number of halogens is 3. The molecule has 0 unspecified atom stereocenters. The second-order valence-corrected chi connectivity index (χ2v) is 5.28. The van der Waals surface area contributed by atoms with Crippen molar-refractivity contribution >= 4 is 21.6 Å². The van der Waals surface area contributed by atoms with Crippen LogP contribution in [0.3, 0.4) is 0 Å². The van der Waals surface area contributed by atoms with E-state index in [9.17, 15) is 18.9 Å². The maximum atomic E-state index is 13.5. The molecule has 0 radical (unpaired) electrons. The third kappa shape index (κ3) is 2.41. The van der Waals surface area contributed by atoms with Crippen LogP contribution in [0.2, 0.25) is 0 Å². The van der Waals surface area contributed by atoms with Crippen LogP contribution in [0, 0.1) is 21.7 Å². The zero-order chi connectivity index (χ0) is 15.1. The SMILES string of the molecule is O=[N+]([O-])c1cc(F)c(F)cc1-c1nnc(CBr)n1C1CC1. The van der Waals surface area contributed by atoms with E-state index >= 15 is 0 Å². The van der Waals surface area contributed by atoms with E-state index in [2.05, 4.69) is 26.1 Å². The Morgan fingerprint density at radius 1 is 1.33 bits per heavy atom. The van der Waals surface area contributed by atoms with E-state index in [1.165, 1.54) is 0 Å². The van der Waals surface area contributed by atoms with Gasteiger partial charge in [0.25, 0.3) is 5.69 Å². The molecule has 1 aliphatic carbocycles. The predicted molar refractivity (Wildman–Crippen MR) is 72.9 cm³/mol. The van der Waals surface area contributed by atoms with Crippen LogP contribution in [0.5, 0.6) is 0 Å². The first-order valence-corrected chi connectivity index (χ1v) is 7.28. The van der Waals surface area contributed by atoms with E-state index in [0.29, 0.717) is 17.2 Å². The molecule has 0 amide bonds. The van der Waals surface area contributed by atoms with Crippen LogP contribution in [-0.2, 0) is 5.33 Å². The summed E-state index contributed by atoms with van der Waals surface area (Å²) in [6, 6.07) is 1.52. The standard InChI is InChI=1S/C12H9BrF2N4O2/c13-5-11-16-17-12(18(11)6-1-2-6)7-3-8(14)9(15)4-10(7)19(20)21/h3-4,6H,1-2,5H2. The number of nitro benzene ring substituents is 1. The Labute approximate surface area is 126 Å². The molecule has 0 saturated heterocycles. The largest absolute Gasteiger partial charge is 0.307 e. The first-order valence-electron chi connectivity index (χ1n) is 6.16. The Morgan fingerprint density at radius 2 is 2.00 bits per heavy atom. The minimum absolute atomic E-state index is 0.0644. The van der Waals surface area contributed by atoms with Gasteiger partial charge in [-0.1, -0.05) is 15.9 Å². The highest BCUT2D eigenvalue weighted by atomic mass is 79.9. The fourth-order valence-corrected chi connectivity index (χ4v) is 2.56. The van der Waals surface area contributed by atoms with Gasteiger partial charge in [0.1, 0.15) is 11.4 Å². The molecule has 1 aromatic heterocycles. The summed E-state index contributed by atoms with van der Waals surface area (Å²) in [6.45, 7) is 0. The van der Waals surface area contributed by atoms with Crippen LogP contribution >= 0.6 is 15.9 Å². The maximum absolute atomic E-state index is 13.5. The van der Waals surface area contributed by atoms with E-state index in [-0.39, 0.29) is 17.4 Å². The highest BCUT2D eigenvalue weighted by Crippen LogP contribution is 2.41. The molecule has 2 aromatic rings. The summed E-state index contributed by atoms with van der Waals surface area (Å²) in [7, 11) is 0. The van der Waals surface area contributed by atoms with Crippen LogP contribution in [0.15, 0.2) is 12.1 Å². The Bertz CT molecular complexity index is 730. The fourth-order valence-electron chi connectivity index (χ4n) is 2.18. The summed E-state index contributed by atoms with van der Waals surface area (Å²) in [4.78, 5) is 10.3. The molecule has 6 nitrogen and oxygen atoms in total. The van der Waals surface area contributed by atoms with Crippen LogP contribution in [0.25, 0.3) is 11.4 Å². The molecule has 110 valence electrons. The van der Waals surface area contributed by atoms with Crippen molar-refractivity contribution in [3.8, 4) is 11.4 Å². The van der Waals surface area contributed by atoms with Gasteiger partial charge in [0.2, 0.25) is 0 Å². The monoisotopic (exact) mass is 358 g/mol. The summed E-state index contributed by atoms with van der Waals surface area (Å²) in [5.74, 6) is -1.62. The number of nitrogens with zero attached hydrogens (tertiary/aromatic N) is 4. The molecule has 0 bridgehead atoms. The average Bonchev–Trinajstić information content (AvgIpc) is 3.20. The van der Waals surface area contributed by atoms with E-state index in [0.717, 1.165) is 18.9 Å². The molecule has 0 spiro atoms. The molecule has 1 aromatic carbocycles. The van der Waals surface area contributed by atoms with Crippen molar-refractivity contribution in [1.29, 1.82) is 0 Å². The molecule has 9 heteroatoms. The fraction of sp³-hybridized carbons (Fsp3) is 0.333. The Kier molecular flexibility index (Phi) is 3.44. The minimum atomic E-state index is -1.26. The van der Waals surface area contributed by atoms with Crippen molar-refractivity contribution in [2.75, 3.05) is 0 Å². The molecule has 1 aliphatic rings. The highest BCUT2D eigenvalue weighted by Gasteiger charge is 2.32. The van der Waals surface area contributed by atoms with Gasteiger partial charge in [-0.25, -0.2) is 8.78 Å². The number of hydrogen-bond acceptors (Lipinski definition) is 4. The van der Waals surface area contributed by atoms with Crippen LogP contribution in [0.4, 0.5) is 14.5 Å². The number of aromatic nitrogens is 3. The van der Waals surface area contributed by atoms with Crippen LogP contribution in [0.1, 0.15) is 24.7 Å². The third-order valence-corrected chi connectivity index (χ3v) is 3.78. The summed E-state index contributed by atoms with van der Waals surface area (Å²) in [5, 5.41) is 19.4. The van der Waals surface area contributed by atoms with Crippen molar-refractivity contribution < 1.29 is 13.7 Å². The maximum Gasteiger partial charge on any atom is 0.283 e. The van der Waals surface area contributed by atoms with Crippen molar-refractivity contribution in [1.82, 2.24) is 14.8 Å². The number of rotatable bonds is 4. The molecule has 3 rings (SSSR count). The van der Waals surface area contributed by atoms with Gasteiger partial charge in [-0.3, -0.25) is 10.1 Å². The third-order valence-electron chi connectivity index (χ3n) is 3.27. The van der Waals surface area contributed by atoms with Crippen molar-refractivity contribution in [2.45, 2.75) is 24.2 Å². The Morgan fingerprint density at radius 3 is 2.57 bits per heavy atom. The van der Waals surface area contributed by atoms with Crippen molar-refractivity contribution in [3.05, 3.63) is 39.7 Å². The lowest BCUT2D eigenvalue weighted by Gasteiger charge is -2.08. The number of alkyl halides is 1. The van der Waals surface area contributed by atoms with Crippen LogP contribution in [-0.4, -0.2) is 19.7 Å². The summed E-state index contributed by atoms with van der Waals surface area (Å²) in [6.07, 6.45) is 1.81. The quantitative estimate of drug-likeness (QED) is 0.477. The first kappa shape index (κ1) is 14.1. The first-order chi connectivity index (χ1) is 10.0. The highest BCUT2D eigenvalue weighted by molar-refractivity contribution is 9.08. The zero-order valence-electron chi connectivity index (χ0n) is 10.6. The Balaban J connectivity index is 2.23. The second-order valence-electron chi connectivity index (χ2n) is 4.72. The van der Waals surface area contributed by atoms with Gasteiger partial charge in [-0.15, -0.1) is 10.2 Å². The van der Waals surface area contributed by atoms with Crippen LogP contribution < -0.4 is 0 Å². The summed E-state index contributed by atoms with van der Waals surface area (Å²) < 4.78 is 28.5. The lowest BCUT2D eigenvalue weighted by atomic mass is 10.1. The van der Waals surface area contributed by atoms with Gasteiger partial charge in [-0.05, 0) is 18.9 Å². The summed E-state index contributed by atoms with van der Waals surface area (Å²) in [5.41, 5.74) is -0.588. The molecule has 0 N–H and O–H groups in total. The van der Waals surface area contributed by atoms with Gasteiger partial charge < -0.3 is 4.57 Å². The van der Waals surface area contributed by atoms with E-state index in [1.54, 1.807) is 4.57 Å². The van der Waals surface area contributed by atoms with Gasteiger partial charge in [0.15, 0.2) is 17.5 Å². The molecule has 0 aliphatic heterocycles. The minimum Gasteiger partial charge on any atom is -0.307 e. The molecular weight excluding hydrogens is 350 g/mol. The van der Waals surface area contributed by atoms with E-state index < -0.39 is 22.2 Å². The zero-order valence-corrected chi connectivity index (χ0v) is 12.2. The number of nitro groups is 1. The van der Waals surface area contributed by atoms with Crippen molar-refractivity contribution in [3.63, 3.8) is 0 Å². The normalized spacial score (nSPS) is 14.4. The van der Waals surface area contributed by atoms with Gasteiger partial charge in [0, 0.05) is 6.04 Å². The topological polar surface area (TPSA) is 73.8 Å². The number of benzene rings is 1. The molecule has 21 heavy (non-hydrogen) atoms. The number of hydrogen-bond donors (Lipinski definition) is 0. The summed E-state index contributed by atoms with van der Waals surface area (Å²) >= 11 is 3.27. The second kappa shape index (κ2) is 5.14. The molecule has 1 saturated carbocycles. The predicted octanol–water partition coefficient (Wildman–Crippen LogP) is 3.36. The van der Waals surface area contributed by atoms with Gasteiger partial charge >= 0.3 is 0 Å². The Hall–Kier alpha value is -1.90. The van der Waals surface area contributed by atoms with Crippen molar-refractivity contribution in [2.24, 2.45) is 0 Å². The van der Waals surface area contributed by atoms with E-state index in [1.807, 2.05) is 0 Å². The lowest BCUT2D eigenvalue weighted by molar-refractivity contribution is -0.384. The van der Waals surface area contributed by atoms with Gasteiger partial charge in [-0.2, -0.15) is 0 Å². The average molecular weight is 359 g/mol. The lowest BCUT2D eigenvalue weighted by Crippen LogP contribution is -2.04. The molecule has 1 fully saturated rings.